The van der Waals surface area contributed by atoms with Crippen LogP contribution in [-0.4, -0.2) is 18.0 Å². The van der Waals surface area contributed by atoms with Gasteiger partial charge in [-0.1, -0.05) is 42.3 Å². The highest BCUT2D eigenvalue weighted by molar-refractivity contribution is 7.16. The number of likely N-dealkylation sites (N-methyl/N-ethyl adjacent to an activating group) is 1. The van der Waals surface area contributed by atoms with E-state index in [0.29, 0.717) is 0 Å². The smallest absolute Gasteiger partial charge is 0.0931 e. The highest BCUT2D eigenvalue weighted by atomic mass is 35.5. The Labute approximate surface area is 140 Å². The van der Waals surface area contributed by atoms with Gasteiger partial charge in [0.15, 0.2) is 0 Å². The van der Waals surface area contributed by atoms with Crippen LogP contribution in [0.1, 0.15) is 29.8 Å². The van der Waals surface area contributed by atoms with Crippen molar-refractivity contribution in [3.63, 3.8) is 0 Å². The molecule has 2 aromatic rings. The van der Waals surface area contributed by atoms with Crippen LogP contribution in [0.25, 0.3) is 0 Å². The predicted octanol–water partition coefficient (Wildman–Crippen LogP) is 4.97. The van der Waals surface area contributed by atoms with Crippen molar-refractivity contribution in [1.82, 2.24) is 4.90 Å². The van der Waals surface area contributed by atoms with Gasteiger partial charge in [-0.15, -0.1) is 11.3 Å². The molecule has 1 heterocycles. The lowest BCUT2D eigenvalue weighted by Gasteiger charge is -2.31. The van der Waals surface area contributed by atoms with Crippen molar-refractivity contribution in [3.8, 4) is 0 Å². The molecule has 21 heavy (non-hydrogen) atoms. The maximum atomic E-state index is 6.34. The van der Waals surface area contributed by atoms with Crippen LogP contribution >= 0.6 is 34.5 Å². The average Bonchev–Trinajstić information content (AvgIpc) is 2.85. The van der Waals surface area contributed by atoms with E-state index in [1.807, 2.05) is 24.3 Å². The molecule has 0 saturated carbocycles. The summed E-state index contributed by atoms with van der Waals surface area (Å²) >= 11 is 13.7. The van der Waals surface area contributed by atoms with Crippen molar-refractivity contribution in [3.05, 3.63) is 56.2 Å². The number of hydrogen-bond donors (Lipinski definition) is 1. The minimum atomic E-state index is 0.0731. The third-order valence-corrected chi connectivity index (χ3v) is 5.10. The van der Waals surface area contributed by atoms with E-state index in [1.54, 1.807) is 11.3 Å². The Kier molecular flexibility index (Phi) is 6.08. The molecule has 5 heteroatoms. The Morgan fingerprint density at radius 1 is 1.24 bits per heavy atom. The molecule has 0 aliphatic heterocycles. The molecule has 0 bridgehead atoms. The quantitative estimate of drug-likeness (QED) is 0.803. The van der Waals surface area contributed by atoms with E-state index in [2.05, 4.69) is 31.0 Å². The third kappa shape index (κ3) is 4.44. The Balaban J connectivity index is 2.20. The summed E-state index contributed by atoms with van der Waals surface area (Å²) in [5, 5.41) is 0.761. The molecule has 114 valence electrons. The second-order valence-corrected chi connectivity index (χ2v) is 7.39. The minimum Gasteiger partial charge on any atom is -0.326 e. The van der Waals surface area contributed by atoms with Crippen LogP contribution in [-0.2, 0) is 6.54 Å². The number of thiophene rings is 1. The van der Waals surface area contributed by atoms with Gasteiger partial charge in [0.25, 0.3) is 0 Å². The maximum Gasteiger partial charge on any atom is 0.0931 e. The first kappa shape index (κ1) is 16.8. The van der Waals surface area contributed by atoms with Gasteiger partial charge in [-0.3, -0.25) is 4.90 Å². The van der Waals surface area contributed by atoms with Gasteiger partial charge in [0.1, 0.15) is 0 Å². The van der Waals surface area contributed by atoms with Crippen LogP contribution in [0, 0.1) is 0 Å². The summed E-state index contributed by atoms with van der Waals surface area (Å²) in [7, 11) is 2.09. The van der Waals surface area contributed by atoms with E-state index in [1.165, 1.54) is 10.4 Å². The van der Waals surface area contributed by atoms with Crippen molar-refractivity contribution < 1.29 is 0 Å². The maximum absolute atomic E-state index is 6.34. The van der Waals surface area contributed by atoms with Crippen molar-refractivity contribution in [2.45, 2.75) is 32.0 Å². The van der Waals surface area contributed by atoms with Crippen LogP contribution < -0.4 is 5.73 Å². The van der Waals surface area contributed by atoms with E-state index in [4.69, 9.17) is 28.9 Å². The van der Waals surface area contributed by atoms with Gasteiger partial charge in [-0.05, 0) is 43.3 Å². The lowest BCUT2D eigenvalue weighted by molar-refractivity contribution is 0.205. The first-order valence-corrected chi connectivity index (χ1v) is 8.54. The molecule has 2 atom stereocenters. The number of rotatable bonds is 6. The lowest BCUT2D eigenvalue weighted by Crippen LogP contribution is -2.38. The highest BCUT2D eigenvalue weighted by Gasteiger charge is 2.24. The van der Waals surface area contributed by atoms with Gasteiger partial charge in [-0.25, -0.2) is 0 Å². The Bertz CT molecular complexity index is 585. The first-order chi connectivity index (χ1) is 10.0. The van der Waals surface area contributed by atoms with Gasteiger partial charge < -0.3 is 5.73 Å². The first-order valence-electron chi connectivity index (χ1n) is 6.96. The summed E-state index contributed by atoms with van der Waals surface area (Å²) < 4.78 is 0.800. The zero-order chi connectivity index (χ0) is 15.4. The molecule has 1 aromatic heterocycles. The zero-order valence-corrected chi connectivity index (χ0v) is 14.6. The second kappa shape index (κ2) is 7.61. The van der Waals surface area contributed by atoms with Crippen LogP contribution in [0.5, 0.6) is 0 Å². The van der Waals surface area contributed by atoms with Crippen LogP contribution in [0.2, 0.25) is 9.36 Å². The van der Waals surface area contributed by atoms with Crippen molar-refractivity contribution in [2.24, 2.45) is 5.73 Å². The van der Waals surface area contributed by atoms with E-state index in [-0.39, 0.29) is 12.1 Å². The fourth-order valence-electron chi connectivity index (χ4n) is 2.49. The summed E-state index contributed by atoms with van der Waals surface area (Å²) in [6.07, 6.45) is 0.917. The minimum absolute atomic E-state index is 0.0731. The Morgan fingerprint density at radius 2 is 2.00 bits per heavy atom. The summed E-state index contributed by atoms with van der Waals surface area (Å²) in [6.45, 7) is 2.91. The molecule has 0 amide bonds. The monoisotopic (exact) mass is 342 g/mol. The fourth-order valence-corrected chi connectivity index (χ4v) is 4.00. The van der Waals surface area contributed by atoms with Crippen LogP contribution in [0.15, 0.2) is 36.4 Å². The summed E-state index contributed by atoms with van der Waals surface area (Å²) in [5.41, 5.74) is 7.52. The number of halogens is 2. The molecule has 2 nitrogen and oxygen atoms in total. The molecule has 2 N–H and O–H groups in total. The summed E-state index contributed by atoms with van der Waals surface area (Å²) in [4.78, 5) is 3.47. The Morgan fingerprint density at radius 3 is 2.57 bits per heavy atom. The van der Waals surface area contributed by atoms with E-state index in [9.17, 15) is 0 Å². The molecule has 0 spiro atoms. The Hall–Kier alpha value is -0.580. The zero-order valence-electron chi connectivity index (χ0n) is 12.2. The number of nitrogens with zero attached hydrogens (tertiary/aromatic N) is 1. The van der Waals surface area contributed by atoms with Crippen LogP contribution in [0.4, 0.5) is 0 Å². The molecule has 0 radical (unpaired) electrons. The van der Waals surface area contributed by atoms with E-state index >= 15 is 0 Å². The van der Waals surface area contributed by atoms with Crippen molar-refractivity contribution in [1.29, 1.82) is 0 Å². The topological polar surface area (TPSA) is 29.3 Å². The number of nitrogens with two attached hydrogens (primary N) is 1. The molecule has 0 aliphatic rings. The summed E-state index contributed by atoms with van der Waals surface area (Å²) in [6, 6.07) is 12.2. The number of hydrogen-bond acceptors (Lipinski definition) is 3. The van der Waals surface area contributed by atoms with Crippen LogP contribution in [0.3, 0.4) is 0 Å². The SMILES string of the molecule is CCC(N)C(c1ccc(Cl)s1)N(C)Cc1cccc(Cl)c1. The molecule has 0 aliphatic carbocycles. The average molecular weight is 343 g/mol. The molecule has 2 unspecified atom stereocenters. The molecule has 1 aromatic carbocycles. The van der Waals surface area contributed by atoms with Crippen molar-refractivity contribution >= 4 is 34.5 Å². The summed E-state index contributed by atoms with van der Waals surface area (Å²) in [5.74, 6) is 0. The molecular weight excluding hydrogens is 323 g/mol. The van der Waals surface area contributed by atoms with E-state index < -0.39 is 0 Å². The molecular formula is C16H20Cl2N2S. The van der Waals surface area contributed by atoms with Gasteiger partial charge >= 0.3 is 0 Å². The number of benzene rings is 1. The standard InChI is InChI=1S/C16H20Cl2N2S/c1-3-13(19)16(14-7-8-15(18)21-14)20(2)10-11-5-4-6-12(17)9-11/h4-9,13,16H,3,10,19H2,1-2H3. The molecule has 2 rings (SSSR count). The molecule has 0 saturated heterocycles. The van der Waals surface area contributed by atoms with Gasteiger partial charge in [-0.2, -0.15) is 0 Å². The van der Waals surface area contributed by atoms with Crippen molar-refractivity contribution in [2.75, 3.05) is 7.05 Å². The van der Waals surface area contributed by atoms with Gasteiger partial charge in [0.05, 0.1) is 10.4 Å². The second-order valence-electron chi connectivity index (χ2n) is 5.20. The fraction of sp³-hybridized carbons (Fsp3) is 0.375. The third-order valence-electron chi connectivity index (χ3n) is 3.56. The van der Waals surface area contributed by atoms with Gasteiger partial charge in [0.2, 0.25) is 0 Å². The van der Waals surface area contributed by atoms with Gasteiger partial charge in [0, 0.05) is 22.5 Å². The largest absolute Gasteiger partial charge is 0.326 e. The molecule has 0 fully saturated rings. The highest BCUT2D eigenvalue weighted by Crippen LogP contribution is 2.33. The lowest BCUT2D eigenvalue weighted by atomic mass is 10.0. The predicted molar refractivity (Wildman–Crippen MR) is 93.3 cm³/mol. The normalized spacial score (nSPS) is 14.4. The van der Waals surface area contributed by atoms with E-state index in [0.717, 1.165) is 22.3 Å².